The quantitative estimate of drug-likeness (QED) is 0.620. The van der Waals surface area contributed by atoms with E-state index in [-0.39, 0.29) is 5.56 Å². The van der Waals surface area contributed by atoms with Crippen molar-refractivity contribution in [1.29, 1.82) is 0 Å². The van der Waals surface area contributed by atoms with E-state index in [2.05, 4.69) is 36.1 Å². The van der Waals surface area contributed by atoms with Crippen LogP contribution in [0.15, 0.2) is 22.8 Å². The lowest BCUT2D eigenvalue weighted by atomic mass is 9.83. The molecule has 9 heteroatoms. The van der Waals surface area contributed by atoms with Gasteiger partial charge >= 0.3 is 0 Å². The first-order valence-electron chi connectivity index (χ1n) is 9.17. The predicted molar refractivity (Wildman–Crippen MR) is 116 cm³/mol. The standard InChI is InChI=1S/C11H10N6OS2.C8H16/c1-19-11-16-15-10(20-11)5-2-7-8(12)6(9(13)18)3-14-17(7)4-5;1-7-5-4-6-8(7,2)3/h2-4H,12H2,1H3,(H2,13,18);7H,4-6H2,1-3H3/t;7-/m.1/s1. The molecule has 1 amide bonds. The summed E-state index contributed by atoms with van der Waals surface area (Å²) in [4.78, 5) is 11.3. The smallest absolute Gasteiger partial charge is 0.252 e. The van der Waals surface area contributed by atoms with Crippen molar-refractivity contribution in [1.82, 2.24) is 19.8 Å². The summed E-state index contributed by atoms with van der Waals surface area (Å²) in [7, 11) is 0. The molecule has 0 spiro atoms. The van der Waals surface area contributed by atoms with Gasteiger partial charge in [0.15, 0.2) is 4.34 Å². The molecule has 1 aliphatic carbocycles. The van der Waals surface area contributed by atoms with Crippen molar-refractivity contribution in [2.24, 2.45) is 17.1 Å². The maximum absolute atomic E-state index is 11.3. The van der Waals surface area contributed by atoms with Crippen molar-refractivity contribution >= 4 is 40.2 Å². The summed E-state index contributed by atoms with van der Waals surface area (Å²) in [6.07, 6.45) is 9.44. The Morgan fingerprint density at radius 3 is 2.64 bits per heavy atom. The number of nitrogen functional groups attached to an aromatic ring is 1. The van der Waals surface area contributed by atoms with Crippen LogP contribution in [0, 0.1) is 11.3 Å². The van der Waals surface area contributed by atoms with E-state index in [0.717, 1.165) is 20.8 Å². The highest BCUT2D eigenvalue weighted by Gasteiger charge is 2.30. The number of aromatic nitrogens is 4. The Morgan fingerprint density at radius 2 is 2.14 bits per heavy atom. The normalized spacial score (nSPS) is 18.1. The zero-order valence-corrected chi connectivity index (χ0v) is 18.2. The summed E-state index contributed by atoms with van der Waals surface area (Å²) in [6, 6.07) is 1.82. The number of fused-ring (bicyclic) bond motifs is 1. The van der Waals surface area contributed by atoms with E-state index in [1.165, 1.54) is 48.6 Å². The minimum absolute atomic E-state index is 0.212. The van der Waals surface area contributed by atoms with Gasteiger partial charge in [-0.15, -0.1) is 10.2 Å². The molecule has 7 nitrogen and oxygen atoms in total. The first kappa shape index (κ1) is 20.6. The molecule has 0 saturated heterocycles. The van der Waals surface area contributed by atoms with Gasteiger partial charge in [0, 0.05) is 11.8 Å². The van der Waals surface area contributed by atoms with Crippen molar-refractivity contribution < 1.29 is 4.79 Å². The third kappa shape index (κ3) is 4.15. The first-order valence-corrected chi connectivity index (χ1v) is 11.2. The average molecular weight is 419 g/mol. The number of carbonyl (C=O) groups is 1. The van der Waals surface area contributed by atoms with Gasteiger partial charge in [-0.3, -0.25) is 4.79 Å². The van der Waals surface area contributed by atoms with Crippen molar-refractivity contribution in [2.45, 2.75) is 44.4 Å². The third-order valence-corrected chi connectivity index (χ3v) is 7.51. The number of rotatable bonds is 3. The number of thioether (sulfide) groups is 1. The van der Waals surface area contributed by atoms with Gasteiger partial charge in [-0.05, 0) is 30.1 Å². The van der Waals surface area contributed by atoms with Gasteiger partial charge in [-0.25, -0.2) is 4.52 Å². The second kappa shape index (κ2) is 8.08. The molecule has 28 heavy (non-hydrogen) atoms. The van der Waals surface area contributed by atoms with E-state index in [4.69, 9.17) is 11.5 Å². The SMILES string of the molecule is CSc1nnc(-c2cc3c(N)c(C(N)=O)cnn3c2)s1.C[C@@H]1CCCC1(C)C. The molecule has 4 rings (SSSR count). The highest BCUT2D eigenvalue weighted by molar-refractivity contribution is 8.00. The molecule has 0 aromatic carbocycles. The van der Waals surface area contributed by atoms with Crippen LogP contribution < -0.4 is 11.5 Å². The van der Waals surface area contributed by atoms with Gasteiger partial charge in [0.1, 0.15) is 5.01 Å². The molecule has 150 valence electrons. The molecule has 1 fully saturated rings. The summed E-state index contributed by atoms with van der Waals surface area (Å²) in [6.45, 7) is 7.13. The average Bonchev–Trinajstić information content (AvgIpc) is 3.34. The molecular weight excluding hydrogens is 392 g/mol. The molecule has 0 bridgehead atoms. The highest BCUT2D eigenvalue weighted by Crippen LogP contribution is 2.41. The summed E-state index contributed by atoms with van der Waals surface area (Å²) in [5.74, 6) is 0.364. The third-order valence-electron chi connectivity index (χ3n) is 5.56. The fraction of sp³-hybridized carbons (Fsp3) is 0.474. The Morgan fingerprint density at radius 1 is 1.39 bits per heavy atom. The highest BCUT2D eigenvalue weighted by atomic mass is 32.2. The summed E-state index contributed by atoms with van der Waals surface area (Å²) in [5, 5.41) is 13.1. The van der Waals surface area contributed by atoms with Crippen molar-refractivity contribution in [3.8, 4) is 10.6 Å². The number of hydrogen-bond donors (Lipinski definition) is 2. The number of anilines is 1. The molecule has 3 aromatic heterocycles. The van der Waals surface area contributed by atoms with E-state index >= 15 is 0 Å². The van der Waals surface area contributed by atoms with Crippen molar-refractivity contribution in [2.75, 3.05) is 12.0 Å². The van der Waals surface area contributed by atoms with Gasteiger partial charge in [-0.1, -0.05) is 56.7 Å². The Kier molecular flexibility index (Phi) is 5.95. The van der Waals surface area contributed by atoms with E-state index in [1.807, 2.05) is 12.3 Å². The number of hydrogen-bond acceptors (Lipinski definition) is 7. The first-order chi connectivity index (χ1) is 13.2. The van der Waals surface area contributed by atoms with E-state index in [1.54, 1.807) is 10.7 Å². The fourth-order valence-corrected chi connectivity index (χ4v) is 4.55. The predicted octanol–water partition coefficient (Wildman–Crippen LogP) is 4.09. The monoisotopic (exact) mass is 418 g/mol. The van der Waals surface area contributed by atoms with Crippen LogP contribution in [0.25, 0.3) is 16.1 Å². The largest absolute Gasteiger partial charge is 0.396 e. The van der Waals surface area contributed by atoms with Gasteiger partial charge in [-0.2, -0.15) is 5.10 Å². The minimum Gasteiger partial charge on any atom is -0.396 e. The lowest BCUT2D eigenvalue weighted by Crippen LogP contribution is -2.15. The molecule has 3 heterocycles. The topological polar surface area (TPSA) is 112 Å². The molecule has 1 aliphatic rings. The molecule has 0 unspecified atom stereocenters. The van der Waals surface area contributed by atoms with Crippen LogP contribution >= 0.6 is 23.1 Å². The molecule has 0 aliphatic heterocycles. The number of nitrogens with zero attached hydrogens (tertiary/aromatic N) is 4. The van der Waals surface area contributed by atoms with Crippen LogP contribution in [0.3, 0.4) is 0 Å². The van der Waals surface area contributed by atoms with Gasteiger partial charge in [0.05, 0.1) is 23.0 Å². The van der Waals surface area contributed by atoms with Gasteiger partial charge in [0.2, 0.25) is 0 Å². The summed E-state index contributed by atoms with van der Waals surface area (Å²) >= 11 is 3.02. The molecule has 4 N–H and O–H groups in total. The zero-order chi connectivity index (χ0) is 20.5. The van der Waals surface area contributed by atoms with Crippen LogP contribution in [0.1, 0.15) is 50.4 Å². The van der Waals surface area contributed by atoms with E-state index < -0.39 is 5.91 Å². The zero-order valence-electron chi connectivity index (χ0n) is 16.6. The lowest BCUT2D eigenvalue weighted by molar-refractivity contribution is 0.100. The molecule has 1 atom stereocenters. The van der Waals surface area contributed by atoms with Crippen LogP contribution in [0.4, 0.5) is 5.69 Å². The van der Waals surface area contributed by atoms with Gasteiger partial charge in [0.25, 0.3) is 5.91 Å². The van der Waals surface area contributed by atoms with Crippen molar-refractivity contribution in [3.05, 3.63) is 24.0 Å². The van der Waals surface area contributed by atoms with E-state index in [0.29, 0.717) is 16.6 Å². The van der Waals surface area contributed by atoms with Crippen molar-refractivity contribution in [3.63, 3.8) is 0 Å². The molecule has 3 aromatic rings. The minimum atomic E-state index is -0.596. The lowest BCUT2D eigenvalue weighted by Gasteiger charge is -2.22. The maximum atomic E-state index is 11.3. The number of primary amides is 1. The maximum Gasteiger partial charge on any atom is 0.252 e. The second-order valence-corrected chi connectivity index (χ2v) is 9.78. The number of nitrogens with two attached hydrogens (primary N) is 2. The fourth-order valence-electron chi connectivity index (χ4n) is 3.30. The molecular formula is C19H26N6OS2. The van der Waals surface area contributed by atoms with Crippen LogP contribution in [0.5, 0.6) is 0 Å². The van der Waals surface area contributed by atoms with Gasteiger partial charge < -0.3 is 11.5 Å². The van der Waals surface area contributed by atoms with Crippen LogP contribution in [-0.2, 0) is 0 Å². The summed E-state index contributed by atoms with van der Waals surface area (Å²) < 4.78 is 2.48. The Balaban J connectivity index is 0.000000236. The number of carbonyl (C=O) groups excluding carboxylic acids is 1. The second-order valence-electron chi connectivity index (χ2n) is 7.75. The Hall–Kier alpha value is -2.13. The summed E-state index contributed by atoms with van der Waals surface area (Å²) in [5.41, 5.74) is 13.8. The van der Waals surface area contributed by atoms with Crippen LogP contribution in [-0.4, -0.2) is 32.0 Å². The Labute approximate surface area is 172 Å². The van der Waals surface area contributed by atoms with Crippen LogP contribution in [0.2, 0.25) is 0 Å². The Bertz CT molecular complexity index is 994. The van der Waals surface area contributed by atoms with E-state index in [9.17, 15) is 4.79 Å². The molecule has 0 radical (unpaired) electrons. The molecule has 1 saturated carbocycles. The number of amides is 1.